The van der Waals surface area contributed by atoms with E-state index in [9.17, 15) is 5.11 Å². The molecular formula is C11H31N4O+. The molecule has 1 aliphatic rings. The van der Waals surface area contributed by atoms with Gasteiger partial charge in [-0.25, -0.2) is 0 Å². The lowest BCUT2D eigenvalue weighted by molar-refractivity contribution is -0.379. The molecule has 0 aliphatic carbocycles. The third-order valence-corrected chi connectivity index (χ3v) is 2.41. The van der Waals surface area contributed by atoms with Crippen molar-refractivity contribution in [2.24, 2.45) is 11.6 Å². The molecule has 8 N–H and O–H groups in total. The Balaban J connectivity index is 0. The molecule has 1 aliphatic heterocycles. The average molecular weight is 235 g/mol. The van der Waals surface area contributed by atoms with Gasteiger partial charge in [-0.05, 0) is 26.3 Å². The van der Waals surface area contributed by atoms with Crippen LogP contribution in [-0.2, 0) is 0 Å². The Kier molecular flexibility index (Phi) is 14.6. The Morgan fingerprint density at radius 3 is 2.25 bits per heavy atom. The van der Waals surface area contributed by atoms with E-state index in [-0.39, 0.29) is 6.10 Å². The van der Waals surface area contributed by atoms with Gasteiger partial charge in [0.2, 0.25) is 0 Å². The van der Waals surface area contributed by atoms with Gasteiger partial charge in [0.15, 0.2) is 0 Å². The monoisotopic (exact) mass is 235 g/mol. The fourth-order valence-electron chi connectivity index (χ4n) is 1.61. The summed E-state index contributed by atoms with van der Waals surface area (Å²) in [6.07, 6.45) is 3.44. The van der Waals surface area contributed by atoms with E-state index in [2.05, 4.69) is 37.4 Å². The summed E-state index contributed by atoms with van der Waals surface area (Å²) in [7, 11) is 0. The summed E-state index contributed by atoms with van der Waals surface area (Å²) in [6.45, 7) is 8.70. The first-order valence-corrected chi connectivity index (χ1v) is 6.18. The number of quaternary nitrogens is 1. The smallest absolute Gasteiger partial charge is 0.0789 e. The molecule has 0 spiro atoms. The van der Waals surface area contributed by atoms with Gasteiger partial charge in [-0.3, -0.25) is 10.7 Å². The van der Waals surface area contributed by atoms with Crippen molar-refractivity contribution in [2.45, 2.75) is 52.2 Å². The second-order valence-corrected chi connectivity index (χ2v) is 4.08. The number of aliphatic hydroxyl groups excluding tert-OH is 1. The van der Waals surface area contributed by atoms with Gasteiger partial charge in [0.05, 0.1) is 6.10 Å². The minimum Gasteiger partial charge on any atom is -0.390 e. The van der Waals surface area contributed by atoms with Crippen molar-refractivity contribution in [3.05, 3.63) is 0 Å². The molecule has 100 valence electrons. The fourth-order valence-corrected chi connectivity index (χ4v) is 1.61. The van der Waals surface area contributed by atoms with Crippen molar-refractivity contribution in [1.82, 2.24) is 4.90 Å². The topological polar surface area (TPSA) is 103 Å². The highest BCUT2D eigenvalue weighted by molar-refractivity contribution is 4.77. The van der Waals surface area contributed by atoms with Gasteiger partial charge in [-0.1, -0.05) is 20.3 Å². The van der Waals surface area contributed by atoms with Crippen LogP contribution in [0.1, 0.15) is 40.0 Å². The summed E-state index contributed by atoms with van der Waals surface area (Å²) >= 11 is 0. The molecule has 16 heavy (non-hydrogen) atoms. The van der Waals surface area contributed by atoms with Crippen LogP contribution in [0.2, 0.25) is 0 Å². The van der Waals surface area contributed by atoms with Gasteiger partial charge >= 0.3 is 0 Å². The largest absolute Gasteiger partial charge is 0.390 e. The predicted molar refractivity (Wildman–Crippen MR) is 68.4 cm³/mol. The molecule has 0 bridgehead atoms. The molecule has 1 saturated heterocycles. The molecule has 0 saturated carbocycles. The number of nitrogens with zero attached hydrogens (tertiary/aromatic N) is 1. The van der Waals surface area contributed by atoms with Crippen LogP contribution in [0.3, 0.4) is 0 Å². The molecule has 0 radical (unpaired) electrons. The molecule has 5 heteroatoms. The summed E-state index contributed by atoms with van der Waals surface area (Å²) < 4.78 is 0. The normalized spacial score (nSPS) is 21.6. The van der Waals surface area contributed by atoms with Crippen LogP contribution in [-0.4, -0.2) is 41.8 Å². The standard InChI is InChI=1S/C8H18N2O.C3H8.H4N2/c1-7-3-2-4-10(7)6-8(11)5-9;1-3-2;1-2/h7-8,11H,2-6,9H2,1H3;3H2,1-2H3;1-2H2/p+1. The highest BCUT2D eigenvalue weighted by Gasteiger charge is 2.21. The van der Waals surface area contributed by atoms with Crippen molar-refractivity contribution in [1.29, 1.82) is 0 Å². The number of aliphatic hydroxyl groups is 1. The Labute approximate surface area is 99.9 Å². The van der Waals surface area contributed by atoms with Gasteiger partial charge in [-0.2, -0.15) is 5.84 Å². The van der Waals surface area contributed by atoms with Crippen LogP contribution in [0.4, 0.5) is 0 Å². The fraction of sp³-hybridized carbons (Fsp3) is 1.00. The summed E-state index contributed by atoms with van der Waals surface area (Å²) in [6, 6.07) is 0.635. The maximum Gasteiger partial charge on any atom is 0.0789 e. The molecule has 1 heterocycles. The predicted octanol–water partition coefficient (Wildman–Crippen LogP) is -0.691. The zero-order valence-electron chi connectivity index (χ0n) is 11.2. The third-order valence-electron chi connectivity index (χ3n) is 2.41. The lowest BCUT2D eigenvalue weighted by atomic mass is 10.2. The van der Waals surface area contributed by atoms with Gasteiger partial charge < -0.3 is 10.8 Å². The molecule has 0 amide bonds. The molecule has 0 aromatic heterocycles. The van der Waals surface area contributed by atoms with E-state index in [0.717, 1.165) is 13.1 Å². The van der Waals surface area contributed by atoms with Crippen LogP contribution in [0.25, 0.3) is 0 Å². The maximum atomic E-state index is 9.27. The van der Waals surface area contributed by atoms with E-state index in [1.54, 1.807) is 0 Å². The van der Waals surface area contributed by atoms with E-state index >= 15 is 0 Å². The minimum atomic E-state index is -0.337. The molecule has 2 atom stereocenters. The molecular weight excluding hydrogens is 204 g/mol. The molecule has 5 nitrogen and oxygen atoms in total. The Hall–Kier alpha value is -0.200. The van der Waals surface area contributed by atoms with Crippen LogP contribution < -0.4 is 17.4 Å². The van der Waals surface area contributed by atoms with E-state index in [1.165, 1.54) is 19.3 Å². The first-order chi connectivity index (χ1) is 7.65. The van der Waals surface area contributed by atoms with Crippen LogP contribution in [0.5, 0.6) is 0 Å². The lowest BCUT2D eigenvalue weighted by Crippen LogP contribution is -2.59. The first kappa shape index (κ1) is 18.2. The van der Waals surface area contributed by atoms with Crippen LogP contribution >= 0.6 is 0 Å². The minimum absolute atomic E-state index is 0.337. The number of hydrogen-bond acceptors (Lipinski definition) is 4. The van der Waals surface area contributed by atoms with E-state index in [0.29, 0.717) is 12.6 Å². The average Bonchev–Trinajstić information content (AvgIpc) is 2.68. The van der Waals surface area contributed by atoms with Gasteiger partial charge in [-0.15, -0.1) is 0 Å². The Bertz CT molecular complexity index is 135. The number of likely N-dealkylation sites (tertiary alicyclic amines) is 1. The number of β-amino-alcohol motifs (C(OH)–C–C–N with tert-alkyl or cyclic N) is 1. The zero-order valence-corrected chi connectivity index (χ0v) is 11.2. The van der Waals surface area contributed by atoms with Crippen molar-refractivity contribution < 1.29 is 10.9 Å². The van der Waals surface area contributed by atoms with Crippen molar-refractivity contribution in [2.75, 3.05) is 19.6 Å². The molecule has 2 unspecified atom stereocenters. The van der Waals surface area contributed by atoms with Crippen molar-refractivity contribution >= 4 is 0 Å². The SMILES string of the molecule is CC1CCCN1CC(O)CN.CCC.N[NH3+]. The number of nitrogens with two attached hydrogens (primary N) is 2. The molecule has 0 aromatic carbocycles. The lowest BCUT2D eigenvalue weighted by Gasteiger charge is -2.23. The highest BCUT2D eigenvalue weighted by atomic mass is 16.3. The van der Waals surface area contributed by atoms with E-state index < -0.39 is 0 Å². The Morgan fingerprint density at radius 1 is 1.44 bits per heavy atom. The third kappa shape index (κ3) is 9.06. The highest BCUT2D eigenvalue weighted by Crippen LogP contribution is 2.15. The molecule has 1 fully saturated rings. The van der Waals surface area contributed by atoms with Crippen LogP contribution in [0.15, 0.2) is 0 Å². The van der Waals surface area contributed by atoms with Crippen molar-refractivity contribution in [3.8, 4) is 0 Å². The number of hydrogen-bond donors (Lipinski definition) is 4. The summed E-state index contributed by atoms with van der Waals surface area (Å²) in [5.74, 6) is 7.00. The first-order valence-electron chi connectivity index (χ1n) is 6.18. The zero-order chi connectivity index (χ0) is 13.0. The van der Waals surface area contributed by atoms with Crippen LogP contribution in [0, 0.1) is 0 Å². The van der Waals surface area contributed by atoms with E-state index in [1.807, 2.05) is 0 Å². The Morgan fingerprint density at radius 2 is 1.94 bits per heavy atom. The van der Waals surface area contributed by atoms with Gasteiger partial charge in [0.25, 0.3) is 0 Å². The summed E-state index contributed by atoms with van der Waals surface area (Å²) in [4.78, 5) is 2.30. The maximum absolute atomic E-state index is 9.27. The summed E-state index contributed by atoms with van der Waals surface area (Å²) in [5.41, 5.74) is 5.32. The van der Waals surface area contributed by atoms with E-state index in [4.69, 9.17) is 5.73 Å². The van der Waals surface area contributed by atoms with Crippen molar-refractivity contribution in [3.63, 3.8) is 0 Å². The number of rotatable bonds is 3. The van der Waals surface area contributed by atoms with Gasteiger partial charge in [0.1, 0.15) is 0 Å². The quantitative estimate of drug-likeness (QED) is 0.384. The van der Waals surface area contributed by atoms with Gasteiger partial charge in [0, 0.05) is 19.1 Å². The second kappa shape index (κ2) is 12.9. The molecule has 0 aromatic rings. The molecule has 1 rings (SSSR count). The second-order valence-electron chi connectivity index (χ2n) is 4.08. The summed E-state index contributed by atoms with van der Waals surface area (Å²) in [5, 5.41) is 9.27.